The van der Waals surface area contributed by atoms with Gasteiger partial charge in [-0.15, -0.1) is 0 Å². The summed E-state index contributed by atoms with van der Waals surface area (Å²) in [5, 5.41) is 13.2. The number of hydrogen-bond donors (Lipinski definition) is 2. The fourth-order valence-corrected chi connectivity index (χ4v) is 3.83. The van der Waals surface area contributed by atoms with Gasteiger partial charge in [-0.05, 0) is 54.8 Å². The molecule has 2 aliphatic heterocycles. The summed E-state index contributed by atoms with van der Waals surface area (Å²) in [6.45, 7) is 1.76. The van der Waals surface area contributed by atoms with Crippen molar-refractivity contribution in [1.82, 2.24) is 0 Å². The van der Waals surface area contributed by atoms with Crippen LogP contribution < -0.4 is 10.2 Å². The molecule has 0 spiro atoms. The lowest BCUT2D eigenvalue weighted by Gasteiger charge is -2.36. The van der Waals surface area contributed by atoms with Crippen molar-refractivity contribution in [3.63, 3.8) is 0 Å². The molecule has 0 saturated carbocycles. The summed E-state index contributed by atoms with van der Waals surface area (Å²) < 4.78 is 43.2. The summed E-state index contributed by atoms with van der Waals surface area (Å²) in [6, 6.07) is 12.2. The zero-order valence-electron chi connectivity index (χ0n) is 16.3. The molecule has 2 saturated heterocycles. The van der Waals surface area contributed by atoms with Gasteiger partial charge in [0.25, 0.3) is 0 Å². The Morgan fingerprint density at radius 3 is 2.13 bits per heavy atom. The maximum absolute atomic E-state index is 12.7. The first-order chi connectivity index (χ1) is 14.2. The molecule has 2 N–H and O–H groups in total. The second-order valence-corrected chi connectivity index (χ2v) is 7.90. The number of piperidine rings is 1. The number of aliphatic hydroxyl groups is 1. The molecule has 0 aromatic heterocycles. The van der Waals surface area contributed by atoms with E-state index in [1.807, 2.05) is 4.90 Å². The van der Waals surface area contributed by atoms with E-state index in [1.165, 1.54) is 12.1 Å². The second kappa shape index (κ2) is 7.92. The predicted molar refractivity (Wildman–Crippen MR) is 106 cm³/mol. The average molecular weight is 420 g/mol. The summed E-state index contributed by atoms with van der Waals surface area (Å²) in [4.78, 5) is 14.6. The number of alkyl halides is 3. The van der Waals surface area contributed by atoms with E-state index in [0.717, 1.165) is 23.4 Å². The van der Waals surface area contributed by atoms with Crippen LogP contribution in [0.3, 0.4) is 0 Å². The van der Waals surface area contributed by atoms with Crippen LogP contribution in [-0.2, 0) is 21.3 Å². The molecule has 0 radical (unpaired) electrons. The molecule has 2 aromatic carbocycles. The van der Waals surface area contributed by atoms with Crippen molar-refractivity contribution in [2.45, 2.75) is 24.6 Å². The number of rotatable bonds is 4. The molecule has 8 heteroatoms. The molecule has 0 bridgehead atoms. The Morgan fingerprint density at radius 1 is 1.03 bits per heavy atom. The minimum absolute atomic E-state index is 0.0690. The van der Waals surface area contributed by atoms with Crippen LogP contribution in [0.4, 0.5) is 24.5 Å². The molecule has 4 rings (SSSR count). The van der Waals surface area contributed by atoms with Crippen LogP contribution in [0.15, 0.2) is 48.5 Å². The van der Waals surface area contributed by atoms with Crippen LogP contribution in [0.25, 0.3) is 0 Å². The maximum Gasteiger partial charge on any atom is 0.416 e. The van der Waals surface area contributed by atoms with Crippen molar-refractivity contribution in [1.29, 1.82) is 0 Å². The van der Waals surface area contributed by atoms with Crippen LogP contribution in [0.1, 0.15) is 24.0 Å². The summed E-state index contributed by atoms with van der Waals surface area (Å²) in [5.74, 6) is -0.222. The number of nitrogens with zero attached hydrogens (tertiary/aromatic N) is 1. The third-order valence-electron chi connectivity index (χ3n) is 5.80. The largest absolute Gasteiger partial charge is 0.416 e. The second-order valence-electron chi connectivity index (χ2n) is 7.90. The lowest BCUT2D eigenvalue weighted by atomic mass is 9.92. The van der Waals surface area contributed by atoms with Gasteiger partial charge in [-0.1, -0.05) is 12.1 Å². The first-order valence-electron chi connectivity index (χ1n) is 9.88. The van der Waals surface area contributed by atoms with Gasteiger partial charge < -0.3 is 20.1 Å². The van der Waals surface area contributed by atoms with Crippen LogP contribution in [0, 0.1) is 5.92 Å². The maximum atomic E-state index is 12.7. The summed E-state index contributed by atoms with van der Waals surface area (Å²) in [5.41, 5.74) is 0.557. The van der Waals surface area contributed by atoms with Gasteiger partial charge in [0.1, 0.15) is 5.60 Å². The van der Waals surface area contributed by atoms with E-state index in [1.54, 1.807) is 24.3 Å². The number of anilines is 2. The van der Waals surface area contributed by atoms with Crippen LogP contribution in [0.5, 0.6) is 0 Å². The Morgan fingerprint density at radius 2 is 1.63 bits per heavy atom. The zero-order chi connectivity index (χ0) is 21.4. The summed E-state index contributed by atoms with van der Waals surface area (Å²) >= 11 is 0. The number of amides is 1. The predicted octanol–water partition coefficient (Wildman–Crippen LogP) is 3.78. The molecule has 0 aliphatic carbocycles. The van der Waals surface area contributed by atoms with Gasteiger partial charge in [-0.3, -0.25) is 4.79 Å². The lowest BCUT2D eigenvalue weighted by molar-refractivity contribution is -0.184. The highest BCUT2D eigenvalue weighted by Gasteiger charge is 2.37. The van der Waals surface area contributed by atoms with Crippen LogP contribution in [0.2, 0.25) is 0 Å². The van der Waals surface area contributed by atoms with Crippen molar-refractivity contribution in [2.75, 3.05) is 36.5 Å². The Bertz CT molecular complexity index is 885. The number of hydrogen-bond acceptors (Lipinski definition) is 4. The number of nitrogens with one attached hydrogen (secondary N) is 1. The van der Waals surface area contributed by atoms with Gasteiger partial charge in [0.15, 0.2) is 0 Å². The molecule has 5 nitrogen and oxygen atoms in total. The minimum Gasteiger partial charge on any atom is -0.380 e. The average Bonchev–Trinajstić information content (AvgIpc) is 2.72. The van der Waals surface area contributed by atoms with Crippen molar-refractivity contribution >= 4 is 17.3 Å². The monoisotopic (exact) mass is 420 g/mol. The fourth-order valence-electron chi connectivity index (χ4n) is 3.83. The quantitative estimate of drug-likeness (QED) is 0.791. The molecule has 1 amide bonds. The normalized spacial score (nSPS) is 19.3. The number of halogens is 3. The van der Waals surface area contributed by atoms with E-state index in [4.69, 9.17) is 4.74 Å². The van der Waals surface area contributed by atoms with Crippen molar-refractivity contribution in [3.8, 4) is 0 Å². The molecule has 160 valence electrons. The summed E-state index contributed by atoms with van der Waals surface area (Å²) in [7, 11) is 0. The number of ether oxygens (including phenoxy) is 1. The van der Waals surface area contributed by atoms with Gasteiger partial charge in [0.05, 0.1) is 18.8 Å². The van der Waals surface area contributed by atoms with Crippen LogP contribution in [-0.4, -0.2) is 37.3 Å². The molecule has 2 fully saturated rings. The third-order valence-corrected chi connectivity index (χ3v) is 5.80. The van der Waals surface area contributed by atoms with Gasteiger partial charge in [0, 0.05) is 30.4 Å². The molecule has 30 heavy (non-hydrogen) atoms. The molecule has 2 heterocycles. The Hall–Kier alpha value is -2.58. The lowest BCUT2D eigenvalue weighted by Crippen LogP contribution is -2.46. The topological polar surface area (TPSA) is 61.8 Å². The minimum atomic E-state index is -4.34. The van der Waals surface area contributed by atoms with E-state index in [2.05, 4.69) is 5.32 Å². The van der Waals surface area contributed by atoms with Gasteiger partial charge in [-0.2, -0.15) is 13.2 Å². The van der Waals surface area contributed by atoms with E-state index in [0.29, 0.717) is 31.6 Å². The molecular weight excluding hydrogens is 397 g/mol. The Balaban J connectivity index is 1.30. The van der Waals surface area contributed by atoms with E-state index < -0.39 is 17.3 Å². The van der Waals surface area contributed by atoms with E-state index >= 15 is 0 Å². The van der Waals surface area contributed by atoms with Crippen LogP contribution >= 0.6 is 0 Å². The molecule has 2 aliphatic rings. The molecule has 0 unspecified atom stereocenters. The highest BCUT2D eigenvalue weighted by Crippen LogP contribution is 2.32. The van der Waals surface area contributed by atoms with E-state index in [9.17, 15) is 23.1 Å². The number of benzene rings is 2. The number of carbonyl (C=O) groups excluding carboxylic acids is 1. The Labute approximate surface area is 172 Å². The highest BCUT2D eigenvalue weighted by atomic mass is 19.4. The van der Waals surface area contributed by atoms with Gasteiger partial charge in [-0.25, -0.2) is 0 Å². The molecule has 2 aromatic rings. The zero-order valence-corrected chi connectivity index (χ0v) is 16.3. The van der Waals surface area contributed by atoms with Crippen molar-refractivity contribution in [2.24, 2.45) is 5.92 Å². The number of carbonyl (C=O) groups is 1. The smallest absolute Gasteiger partial charge is 0.380 e. The highest BCUT2D eigenvalue weighted by molar-refractivity contribution is 5.92. The fraction of sp³-hybridized carbons (Fsp3) is 0.409. The van der Waals surface area contributed by atoms with Crippen molar-refractivity contribution in [3.05, 3.63) is 59.7 Å². The Kier molecular flexibility index (Phi) is 5.46. The van der Waals surface area contributed by atoms with Gasteiger partial charge >= 0.3 is 6.18 Å². The molecular formula is C22H23F3N2O3. The standard InChI is InChI=1S/C22H23F3N2O3/c23-22(24,25)17-3-7-19(8-4-17)27-11-9-15(10-12-27)20(28)26-18-5-1-16(2-6-18)21(29)13-30-14-21/h1-8,15,29H,9-14H2,(H,26,28). The molecule has 0 atom stereocenters. The van der Waals surface area contributed by atoms with E-state index in [-0.39, 0.29) is 25.0 Å². The van der Waals surface area contributed by atoms with Gasteiger partial charge in [0.2, 0.25) is 5.91 Å². The van der Waals surface area contributed by atoms with Crippen molar-refractivity contribution < 1.29 is 27.8 Å². The SMILES string of the molecule is O=C(Nc1ccc(C2(O)COC2)cc1)C1CCN(c2ccc(C(F)(F)F)cc2)CC1. The summed E-state index contributed by atoms with van der Waals surface area (Å²) in [6.07, 6.45) is -3.09. The first-order valence-corrected chi connectivity index (χ1v) is 9.88. The first kappa shape index (κ1) is 20.7. The third kappa shape index (κ3) is 4.29.